The van der Waals surface area contributed by atoms with Gasteiger partial charge in [-0.3, -0.25) is 0 Å². The highest BCUT2D eigenvalue weighted by molar-refractivity contribution is 4.86. The van der Waals surface area contributed by atoms with Gasteiger partial charge < -0.3 is 0 Å². The molecule has 1 aliphatic carbocycles. The van der Waals surface area contributed by atoms with Crippen molar-refractivity contribution < 1.29 is 0 Å². The molecule has 0 atom stereocenters. The molecule has 0 aromatic carbocycles. The molecule has 1 aliphatic rings. The summed E-state index contributed by atoms with van der Waals surface area (Å²) in [6, 6.07) is 0. The Bertz CT molecular complexity index is 82.7. The number of rotatable bonds is 2. The molecule has 0 N–H and O–H groups in total. The van der Waals surface area contributed by atoms with Crippen LogP contribution in [0.3, 0.4) is 0 Å². The lowest BCUT2D eigenvalue weighted by Crippen LogP contribution is -1.70. The molecule has 0 aromatic heterocycles. The van der Waals surface area contributed by atoms with Gasteiger partial charge in [0.05, 0.1) is 0 Å². The highest BCUT2D eigenvalue weighted by atomic mass is 14.2. The van der Waals surface area contributed by atoms with Crippen LogP contribution in [-0.2, 0) is 0 Å². The van der Waals surface area contributed by atoms with Gasteiger partial charge in [0, 0.05) is 6.42 Å². The first-order valence-electron chi connectivity index (χ1n) is 2.87. The molecule has 0 spiro atoms. The van der Waals surface area contributed by atoms with Crippen molar-refractivity contribution in [3.8, 4) is 12.3 Å². The van der Waals surface area contributed by atoms with E-state index < -0.39 is 0 Å². The van der Waals surface area contributed by atoms with Gasteiger partial charge in [-0.2, -0.15) is 0 Å². The van der Waals surface area contributed by atoms with Gasteiger partial charge in [-0.1, -0.05) is 12.8 Å². The molecule has 0 nitrogen and oxygen atoms in total. The van der Waals surface area contributed by atoms with E-state index in [1.807, 2.05) is 0 Å². The Hall–Kier alpha value is -0.440. The summed E-state index contributed by atoms with van der Waals surface area (Å²) in [5.74, 6) is 3.65. The second-order valence-electron chi connectivity index (χ2n) is 2.19. The standard InChI is InChI=1S/C7H10/c1-2-3-4-7-5-6-7/h1,7H,3-6H2. The lowest BCUT2D eigenvalue weighted by atomic mass is 10.2. The predicted octanol–water partition coefficient (Wildman–Crippen LogP) is 1.81. The van der Waals surface area contributed by atoms with Crippen LogP contribution in [0.4, 0.5) is 0 Å². The highest BCUT2D eigenvalue weighted by Gasteiger charge is 2.19. The van der Waals surface area contributed by atoms with E-state index in [0.29, 0.717) is 0 Å². The minimum absolute atomic E-state index is 0.991. The molecule has 0 bridgehead atoms. The zero-order chi connectivity index (χ0) is 5.11. The molecule has 0 aliphatic heterocycles. The Morgan fingerprint density at radius 1 is 1.57 bits per heavy atom. The van der Waals surface area contributed by atoms with E-state index in [0.717, 1.165) is 12.3 Å². The van der Waals surface area contributed by atoms with E-state index >= 15 is 0 Å². The smallest absolute Gasteiger partial charge is 0.00886 e. The molecule has 38 valence electrons. The van der Waals surface area contributed by atoms with Crippen LogP contribution in [0.15, 0.2) is 0 Å². The van der Waals surface area contributed by atoms with Crippen LogP contribution in [0, 0.1) is 18.3 Å². The Balaban J connectivity index is 1.91. The fourth-order valence-corrected chi connectivity index (χ4v) is 0.694. The summed E-state index contributed by atoms with van der Waals surface area (Å²) >= 11 is 0. The summed E-state index contributed by atoms with van der Waals surface area (Å²) in [7, 11) is 0. The molecule has 0 heterocycles. The van der Waals surface area contributed by atoms with Gasteiger partial charge in [-0.15, -0.1) is 12.3 Å². The number of hydrogen-bond donors (Lipinski definition) is 0. The predicted molar refractivity (Wildman–Crippen MR) is 30.8 cm³/mol. The van der Waals surface area contributed by atoms with Crippen LogP contribution in [0.5, 0.6) is 0 Å². The van der Waals surface area contributed by atoms with Crippen molar-refractivity contribution in [2.24, 2.45) is 5.92 Å². The summed E-state index contributed by atoms with van der Waals surface area (Å²) in [5.41, 5.74) is 0. The van der Waals surface area contributed by atoms with Crippen molar-refractivity contribution in [1.82, 2.24) is 0 Å². The second-order valence-corrected chi connectivity index (χ2v) is 2.19. The minimum Gasteiger partial charge on any atom is -0.120 e. The first-order chi connectivity index (χ1) is 3.43. The minimum atomic E-state index is 0.991. The summed E-state index contributed by atoms with van der Waals surface area (Å²) in [5, 5.41) is 0. The Morgan fingerprint density at radius 3 is 2.71 bits per heavy atom. The molecule has 0 unspecified atom stereocenters. The third-order valence-electron chi connectivity index (χ3n) is 1.39. The van der Waals surface area contributed by atoms with Gasteiger partial charge >= 0.3 is 0 Å². The topological polar surface area (TPSA) is 0 Å². The molecule has 1 saturated carbocycles. The Labute approximate surface area is 44.9 Å². The first-order valence-corrected chi connectivity index (χ1v) is 2.87. The third-order valence-corrected chi connectivity index (χ3v) is 1.39. The van der Waals surface area contributed by atoms with Crippen molar-refractivity contribution in [3.63, 3.8) is 0 Å². The van der Waals surface area contributed by atoms with E-state index in [4.69, 9.17) is 6.42 Å². The van der Waals surface area contributed by atoms with E-state index in [2.05, 4.69) is 5.92 Å². The molecular weight excluding hydrogens is 84.1 g/mol. The molecular formula is C7H10. The van der Waals surface area contributed by atoms with Crippen molar-refractivity contribution in [2.45, 2.75) is 25.7 Å². The molecule has 7 heavy (non-hydrogen) atoms. The zero-order valence-electron chi connectivity index (χ0n) is 4.48. The molecule has 0 heteroatoms. The lowest BCUT2D eigenvalue weighted by molar-refractivity contribution is 0.752. The van der Waals surface area contributed by atoms with Crippen LogP contribution >= 0.6 is 0 Å². The van der Waals surface area contributed by atoms with Gasteiger partial charge in [0.15, 0.2) is 0 Å². The van der Waals surface area contributed by atoms with Crippen molar-refractivity contribution in [1.29, 1.82) is 0 Å². The Morgan fingerprint density at radius 2 is 2.29 bits per heavy atom. The summed E-state index contributed by atoms with van der Waals surface area (Å²) in [6.07, 6.45) is 10.2. The average Bonchev–Trinajstić information content (AvgIpc) is 2.42. The van der Waals surface area contributed by atoms with Crippen LogP contribution in [0.2, 0.25) is 0 Å². The number of terminal acetylenes is 1. The van der Waals surface area contributed by atoms with Crippen molar-refractivity contribution in [3.05, 3.63) is 0 Å². The zero-order valence-corrected chi connectivity index (χ0v) is 4.48. The van der Waals surface area contributed by atoms with Crippen molar-refractivity contribution in [2.75, 3.05) is 0 Å². The molecule has 1 rings (SSSR count). The highest BCUT2D eigenvalue weighted by Crippen LogP contribution is 2.32. The molecule has 0 saturated heterocycles. The monoisotopic (exact) mass is 94.1 g/mol. The lowest BCUT2D eigenvalue weighted by Gasteiger charge is -1.83. The van der Waals surface area contributed by atoms with Gasteiger partial charge in [-0.25, -0.2) is 0 Å². The second kappa shape index (κ2) is 2.02. The Kier molecular flexibility index (Phi) is 1.36. The fraction of sp³-hybridized carbons (Fsp3) is 0.714. The van der Waals surface area contributed by atoms with E-state index in [1.54, 1.807) is 0 Å². The van der Waals surface area contributed by atoms with Crippen LogP contribution in [-0.4, -0.2) is 0 Å². The third kappa shape index (κ3) is 1.64. The maximum absolute atomic E-state index is 5.05. The maximum Gasteiger partial charge on any atom is 0.00886 e. The van der Waals surface area contributed by atoms with Crippen molar-refractivity contribution >= 4 is 0 Å². The molecule has 0 amide bonds. The SMILES string of the molecule is C#CCCC1CC1. The van der Waals surface area contributed by atoms with Crippen LogP contribution < -0.4 is 0 Å². The summed E-state index contributed by atoms with van der Waals surface area (Å²) in [6.45, 7) is 0. The average molecular weight is 94.2 g/mol. The van der Waals surface area contributed by atoms with Crippen LogP contribution in [0.25, 0.3) is 0 Å². The maximum atomic E-state index is 5.05. The number of hydrogen-bond acceptors (Lipinski definition) is 0. The summed E-state index contributed by atoms with van der Waals surface area (Å²) < 4.78 is 0. The van der Waals surface area contributed by atoms with E-state index in [9.17, 15) is 0 Å². The van der Waals surface area contributed by atoms with Crippen LogP contribution in [0.1, 0.15) is 25.7 Å². The van der Waals surface area contributed by atoms with Gasteiger partial charge in [0.2, 0.25) is 0 Å². The summed E-state index contributed by atoms with van der Waals surface area (Å²) in [4.78, 5) is 0. The van der Waals surface area contributed by atoms with Gasteiger partial charge in [0.25, 0.3) is 0 Å². The van der Waals surface area contributed by atoms with Gasteiger partial charge in [0.1, 0.15) is 0 Å². The largest absolute Gasteiger partial charge is 0.120 e. The normalized spacial score (nSPS) is 18.7. The van der Waals surface area contributed by atoms with Gasteiger partial charge in [-0.05, 0) is 12.3 Å². The van der Waals surface area contributed by atoms with E-state index in [-0.39, 0.29) is 0 Å². The molecule has 1 fully saturated rings. The molecule has 0 aromatic rings. The quantitative estimate of drug-likeness (QED) is 0.458. The fourth-order valence-electron chi connectivity index (χ4n) is 0.694. The van der Waals surface area contributed by atoms with E-state index in [1.165, 1.54) is 19.3 Å². The first kappa shape index (κ1) is 4.71. The molecule has 0 radical (unpaired) electrons.